The standard InChI is InChI=1S/C16H16O3S/c1-11-8-9-14(10-12(11)2)20(19)15(16(17)18)13-6-4-3-5-7-13/h3-10,15H,1-2H3,(H,17,18). The van der Waals surface area contributed by atoms with Crippen molar-refractivity contribution in [3.8, 4) is 0 Å². The minimum Gasteiger partial charge on any atom is -0.480 e. The number of rotatable bonds is 4. The van der Waals surface area contributed by atoms with E-state index in [1.807, 2.05) is 19.9 Å². The molecule has 2 aromatic carbocycles. The second kappa shape index (κ2) is 6.01. The van der Waals surface area contributed by atoms with Crippen LogP contribution < -0.4 is 0 Å². The molecule has 0 spiro atoms. The predicted octanol–water partition coefficient (Wildman–Crippen LogP) is 3.24. The van der Waals surface area contributed by atoms with Crippen LogP contribution in [0.1, 0.15) is 21.9 Å². The quantitative estimate of drug-likeness (QED) is 0.939. The minimum atomic E-state index is -1.62. The first kappa shape index (κ1) is 14.5. The number of carboxylic acids is 1. The second-order valence-electron chi connectivity index (χ2n) is 4.67. The SMILES string of the molecule is Cc1ccc(S(=O)C(C(=O)O)c2ccccc2)cc1C. The van der Waals surface area contributed by atoms with E-state index < -0.39 is 22.0 Å². The molecule has 4 heteroatoms. The number of benzene rings is 2. The third kappa shape index (κ3) is 2.96. The summed E-state index contributed by atoms with van der Waals surface area (Å²) in [7, 11) is -1.62. The first-order chi connectivity index (χ1) is 9.50. The van der Waals surface area contributed by atoms with E-state index in [0.717, 1.165) is 11.1 Å². The Morgan fingerprint density at radius 1 is 1.05 bits per heavy atom. The van der Waals surface area contributed by atoms with Crippen molar-refractivity contribution in [1.29, 1.82) is 0 Å². The largest absolute Gasteiger partial charge is 0.480 e. The van der Waals surface area contributed by atoms with E-state index >= 15 is 0 Å². The number of aryl methyl sites for hydroxylation is 2. The third-order valence-corrected chi connectivity index (χ3v) is 4.87. The van der Waals surface area contributed by atoms with Gasteiger partial charge in [-0.1, -0.05) is 36.4 Å². The molecule has 0 amide bonds. The molecule has 0 aliphatic heterocycles. The third-order valence-electron chi connectivity index (χ3n) is 3.25. The highest BCUT2D eigenvalue weighted by Crippen LogP contribution is 2.26. The van der Waals surface area contributed by atoms with Crippen molar-refractivity contribution in [3.05, 3.63) is 65.2 Å². The van der Waals surface area contributed by atoms with E-state index in [1.165, 1.54) is 0 Å². The maximum absolute atomic E-state index is 12.6. The van der Waals surface area contributed by atoms with Crippen molar-refractivity contribution in [2.24, 2.45) is 0 Å². The number of carboxylic acid groups (broad SMARTS) is 1. The van der Waals surface area contributed by atoms with Gasteiger partial charge >= 0.3 is 5.97 Å². The molecule has 0 saturated heterocycles. The maximum Gasteiger partial charge on any atom is 0.324 e. The summed E-state index contributed by atoms with van der Waals surface area (Å²) in [5.41, 5.74) is 2.65. The van der Waals surface area contributed by atoms with Gasteiger partial charge in [-0.25, -0.2) is 0 Å². The molecule has 0 radical (unpaired) electrons. The molecule has 104 valence electrons. The molecule has 2 rings (SSSR count). The van der Waals surface area contributed by atoms with E-state index in [4.69, 9.17) is 0 Å². The van der Waals surface area contributed by atoms with E-state index in [-0.39, 0.29) is 0 Å². The van der Waals surface area contributed by atoms with Crippen LogP contribution in [-0.4, -0.2) is 15.3 Å². The molecular weight excluding hydrogens is 272 g/mol. The van der Waals surface area contributed by atoms with Gasteiger partial charge in [0, 0.05) is 4.90 Å². The zero-order chi connectivity index (χ0) is 14.7. The van der Waals surface area contributed by atoms with Gasteiger partial charge in [0.05, 0.1) is 10.8 Å². The summed E-state index contributed by atoms with van der Waals surface area (Å²) in [4.78, 5) is 12.0. The summed E-state index contributed by atoms with van der Waals surface area (Å²) < 4.78 is 12.6. The Morgan fingerprint density at radius 2 is 1.70 bits per heavy atom. The zero-order valence-electron chi connectivity index (χ0n) is 11.4. The van der Waals surface area contributed by atoms with Crippen molar-refractivity contribution in [2.45, 2.75) is 24.0 Å². The molecule has 0 bridgehead atoms. The van der Waals surface area contributed by atoms with Crippen LogP contribution in [0, 0.1) is 13.8 Å². The lowest BCUT2D eigenvalue weighted by molar-refractivity contribution is -0.136. The number of hydrogen-bond acceptors (Lipinski definition) is 2. The van der Waals surface area contributed by atoms with Gasteiger partial charge in [-0.05, 0) is 42.7 Å². The molecule has 0 aliphatic carbocycles. The van der Waals surface area contributed by atoms with Gasteiger partial charge in [0.15, 0.2) is 5.25 Å². The number of hydrogen-bond donors (Lipinski definition) is 1. The summed E-state index contributed by atoms with van der Waals surface area (Å²) >= 11 is 0. The van der Waals surface area contributed by atoms with Gasteiger partial charge in [-0.3, -0.25) is 9.00 Å². The van der Waals surface area contributed by atoms with Gasteiger partial charge in [0.25, 0.3) is 0 Å². The minimum absolute atomic E-state index is 0.546. The normalized spacial score (nSPS) is 13.7. The van der Waals surface area contributed by atoms with Crippen LogP contribution in [-0.2, 0) is 15.6 Å². The average molecular weight is 288 g/mol. The molecule has 2 aromatic rings. The fourth-order valence-corrected chi connectivity index (χ4v) is 3.32. The van der Waals surface area contributed by atoms with Crippen LogP contribution >= 0.6 is 0 Å². The lowest BCUT2D eigenvalue weighted by atomic mass is 10.1. The number of aliphatic carboxylic acids is 1. The van der Waals surface area contributed by atoms with E-state index in [1.54, 1.807) is 42.5 Å². The molecule has 0 heterocycles. The first-order valence-electron chi connectivity index (χ1n) is 6.26. The summed E-state index contributed by atoms with van der Waals surface area (Å²) in [6.07, 6.45) is 0. The molecule has 2 atom stereocenters. The Kier molecular flexibility index (Phi) is 4.35. The predicted molar refractivity (Wildman–Crippen MR) is 79.1 cm³/mol. The fourth-order valence-electron chi connectivity index (χ4n) is 1.96. The smallest absolute Gasteiger partial charge is 0.324 e. The van der Waals surface area contributed by atoms with Crippen LogP contribution in [0.4, 0.5) is 0 Å². The molecule has 20 heavy (non-hydrogen) atoms. The Labute approximate surface area is 120 Å². The van der Waals surface area contributed by atoms with Crippen molar-refractivity contribution < 1.29 is 14.1 Å². The van der Waals surface area contributed by atoms with Crippen LogP contribution in [0.25, 0.3) is 0 Å². The number of carbonyl (C=O) groups is 1. The maximum atomic E-state index is 12.6. The molecule has 0 saturated carbocycles. The average Bonchev–Trinajstić information content (AvgIpc) is 2.42. The van der Waals surface area contributed by atoms with E-state index in [9.17, 15) is 14.1 Å². The lowest BCUT2D eigenvalue weighted by Crippen LogP contribution is -2.17. The fraction of sp³-hybridized carbons (Fsp3) is 0.188. The monoisotopic (exact) mass is 288 g/mol. The molecule has 3 nitrogen and oxygen atoms in total. The van der Waals surface area contributed by atoms with Crippen molar-refractivity contribution in [1.82, 2.24) is 0 Å². The first-order valence-corrected chi connectivity index (χ1v) is 7.47. The van der Waals surface area contributed by atoms with Gasteiger partial charge in [-0.2, -0.15) is 0 Å². The lowest BCUT2D eigenvalue weighted by Gasteiger charge is -2.13. The van der Waals surface area contributed by atoms with Crippen LogP contribution in [0.5, 0.6) is 0 Å². The van der Waals surface area contributed by atoms with Gasteiger partial charge < -0.3 is 5.11 Å². The van der Waals surface area contributed by atoms with Crippen LogP contribution in [0.3, 0.4) is 0 Å². The highest BCUT2D eigenvalue weighted by atomic mass is 32.2. The summed E-state index contributed by atoms with van der Waals surface area (Å²) in [5.74, 6) is -1.08. The molecule has 1 N–H and O–H groups in total. The molecule has 0 fully saturated rings. The highest BCUT2D eigenvalue weighted by molar-refractivity contribution is 7.86. The van der Waals surface area contributed by atoms with Gasteiger partial charge in [-0.15, -0.1) is 0 Å². The van der Waals surface area contributed by atoms with Crippen molar-refractivity contribution in [3.63, 3.8) is 0 Å². The Balaban J connectivity index is 2.42. The molecular formula is C16H16O3S. The molecule has 0 aliphatic rings. The van der Waals surface area contributed by atoms with Crippen LogP contribution in [0.15, 0.2) is 53.4 Å². The van der Waals surface area contributed by atoms with E-state index in [0.29, 0.717) is 10.5 Å². The topological polar surface area (TPSA) is 54.4 Å². The molecule has 0 aromatic heterocycles. The Bertz CT molecular complexity index is 650. The summed E-state index contributed by atoms with van der Waals surface area (Å²) in [5, 5.41) is 8.35. The van der Waals surface area contributed by atoms with Crippen molar-refractivity contribution in [2.75, 3.05) is 0 Å². The van der Waals surface area contributed by atoms with Crippen molar-refractivity contribution >= 4 is 16.8 Å². The van der Waals surface area contributed by atoms with Crippen LogP contribution in [0.2, 0.25) is 0 Å². The van der Waals surface area contributed by atoms with Gasteiger partial charge in [0.1, 0.15) is 0 Å². The zero-order valence-corrected chi connectivity index (χ0v) is 12.2. The molecule has 2 unspecified atom stereocenters. The second-order valence-corrected chi connectivity index (χ2v) is 6.21. The summed E-state index contributed by atoms with van der Waals surface area (Å²) in [6.45, 7) is 3.89. The summed E-state index contributed by atoms with van der Waals surface area (Å²) in [6, 6.07) is 14.1. The van der Waals surface area contributed by atoms with Gasteiger partial charge in [0.2, 0.25) is 0 Å². The van der Waals surface area contributed by atoms with E-state index in [2.05, 4.69) is 0 Å². The Morgan fingerprint density at radius 3 is 2.25 bits per heavy atom. The Hall–Kier alpha value is -1.94. The highest BCUT2D eigenvalue weighted by Gasteiger charge is 2.27.